The Morgan fingerprint density at radius 2 is 1.74 bits per heavy atom. The highest BCUT2D eigenvalue weighted by Gasteiger charge is 2.46. The lowest BCUT2D eigenvalue weighted by Crippen LogP contribution is -2.50. The number of aromatic nitrogens is 2. The molecule has 2 unspecified atom stereocenters. The molecule has 1 aromatic heterocycles. The minimum Gasteiger partial charge on any atom is -0.453 e. The molecule has 4 rings (SSSR count). The van der Waals surface area contributed by atoms with Crippen molar-refractivity contribution < 1.29 is 42.1 Å². The molecule has 0 spiro atoms. The maximum atomic E-state index is 15.8. The number of aliphatic hydroxyl groups is 1. The van der Waals surface area contributed by atoms with Crippen molar-refractivity contribution in [3.63, 3.8) is 0 Å². The highest BCUT2D eigenvalue weighted by atomic mass is 19.1. The Labute approximate surface area is 291 Å². The van der Waals surface area contributed by atoms with Gasteiger partial charge in [-0.05, 0) is 63.3 Å². The van der Waals surface area contributed by atoms with E-state index in [9.17, 15) is 23.9 Å². The maximum Gasteiger partial charge on any atom is 0.410 e. The number of rotatable bonds is 12. The quantitative estimate of drug-likeness (QED) is 0.220. The van der Waals surface area contributed by atoms with E-state index in [1.54, 1.807) is 31.5 Å². The summed E-state index contributed by atoms with van der Waals surface area (Å²) in [6, 6.07) is 11.3. The number of aliphatic hydroxyl groups excluding tert-OH is 1. The zero-order chi connectivity index (χ0) is 37.0. The molecule has 3 aromatic rings. The van der Waals surface area contributed by atoms with Crippen LogP contribution in [0.3, 0.4) is 0 Å². The van der Waals surface area contributed by atoms with Crippen LogP contribution in [0.1, 0.15) is 72.3 Å². The van der Waals surface area contributed by atoms with Crippen LogP contribution in [-0.2, 0) is 25.6 Å². The third kappa shape index (κ3) is 9.43. The minimum atomic E-state index is -1.54. The third-order valence-electron chi connectivity index (χ3n) is 8.68. The van der Waals surface area contributed by atoms with Gasteiger partial charge in [0, 0.05) is 50.8 Å². The molecular formula is C37H47F3N4O6. The summed E-state index contributed by atoms with van der Waals surface area (Å²) in [5, 5.41) is 10.2. The predicted octanol–water partition coefficient (Wildman–Crippen LogP) is 6.31. The number of imidazole rings is 1. The van der Waals surface area contributed by atoms with E-state index in [1.165, 1.54) is 23.6 Å². The molecule has 50 heavy (non-hydrogen) atoms. The summed E-state index contributed by atoms with van der Waals surface area (Å²) >= 11 is 0. The number of halogens is 3. The zero-order valence-corrected chi connectivity index (χ0v) is 29.7. The van der Waals surface area contributed by atoms with E-state index >= 15 is 8.78 Å². The largest absolute Gasteiger partial charge is 0.453 e. The number of hydrogen-bond acceptors (Lipinski definition) is 7. The second-order valence-electron chi connectivity index (χ2n) is 14.5. The molecule has 0 aliphatic carbocycles. The van der Waals surface area contributed by atoms with E-state index in [1.807, 2.05) is 44.2 Å². The lowest BCUT2D eigenvalue weighted by molar-refractivity contribution is -0.161. The summed E-state index contributed by atoms with van der Waals surface area (Å²) in [6.45, 7) is 10.7. The Kier molecular flexibility index (Phi) is 12.0. The van der Waals surface area contributed by atoms with E-state index in [2.05, 4.69) is 0 Å². The van der Waals surface area contributed by atoms with Gasteiger partial charge in [0.05, 0.1) is 18.3 Å². The minimum absolute atomic E-state index is 0.0623. The van der Waals surface area contributed by atoms with Crippen molar-refractivity contribution in [3.8, 4) is 11.3 Å². The van der Waals surface area contributed by atoms with E-state index in [0.29, 0.717) is 0 Å². The van der Waals surface area contributed by atoms with Crippen LogP contribution in [-0.4, -0.2) is 86.5 Å². The van der Waals surface area contributed by atoms with Crippen molar-refractivity contribution in [2.45, 2.75) is 85.4 Å². The number of carbonyl (C=O) groups is 3. The van der Waals surface area contributed by atoms with Crippen molar-refractivity contribution in [2.24, 2.45) is 11.3 Å². The molecule has 0 bridgehead atoms. The van der Waals surface area contributed by atoms with Gasteiger partial charge in [0.25, 0.3) is 5.91 Å². The summed E-state index contributed by atoms with van der Waals surface area (Å²) in [5.74, 6) is -3.36. The summed E-state index contributed by atoms with van der Waals surface area (Å²) in [4.78, 5) is 46.8. The van der Waals surface area contributed by atoms with E-state index in [-0.39, 0.29) is 56.3 Å². The Hall–Kier alpha value is -4.39. The monoisotopic (exact) mass is 700 g/mol. The molecule has 1 aliphatic heterocycles. The van der Waals surface area contributed by atoms with Crippen LogP contribution >= 0.6 is 0 Å². The summed E-state index contributed by atoms with van der Waals surface area (Å²) in [7, 11) is 0. The molecule has 0 radical (unpaired) electrons. The highest BCUT2D eigenvalue weighted by Crippen LogP contribution is 2.43. The van der Waals surface area contributed by atoms with Gasteiger partial charge < -0.3 is 28.9 Å². The molecule has 1 saturated heterocycles. The molecule has 272 valence electrons. The average Bonchev–Trinajstić information content (AvgIpc) is 3.59. The molecule has 1 fully saturated rings. The zero-order valence-electron chi connectivity index (χ0n) is 29.7. The number of amides is 2. The maximum absolute atomic E-state index is 15.8. The number of esters is 1. The van der Waals surface area contributed by atoms with Crippen molar-refractivity contribution in [2.75, 3.05) is 26.2 Å². The van der Waals surface area contributed by atoms with Gasteiger partial charge in [-0.2, -0.15) is 0 Å². The van der Waals surface area contributed by atoms with E-state index in [4.69, 9.17) is 14.5 Å². The van der Waals surface area contributed by atoms with E-state index < -0.39 is 64.9 Å². The van der Waals surface area contributed by atoms with Crippen LogP contribution in [0.5, 0.6) is 0 Å². The number of likely N-dealkylation sites (tertiary alicyclic amines) is 1. The summed E-state index contributed by atoms with van der Waals surface area (Å²) in [5.41, 5.74) is -0.937. The van der Waals surface area contributed by atoms with Crippen LogP contribution in [0.25, 0.3) is 11.3 Å². The van der Waals surface area contributed by atoms with Crippen molar-refractivity contribution in [1.82, 2.24) is 19.4 Å². The number of nitrogens with zero attached hydrogens (tertiary/aromatic N) is 4. The highest BCUT2D eigenvalue weighted by molar-refractivity contribution is 5.83. The average molecular weight is 701 g/mol. The van der Waals surface area contributed by atoms with Crippen LogP contribution < -0.4 is 0 Å². The van der Waals surface area contributed by atoms with Crippen molar-refractivity contribution >= 4 is 18.0 Å². The lowest BCUT2D eigenvalue weighted by atomic mass is 9.79. The Morgan fingerprint density at radius 3 is 2.36 bits per heavy atom. The van der Waals surface area contributed by atoms with Crippen molar-refractivity contribution in [1.29, 1.82) is 0 Å². The Morgan fingerprint density at radius 1 is 1.06 bits per heavy atom. The molecule has 2 heterocycles. The van der Waals surface area contributed by atoms with Gasteiger partial charge in [-0.25, -0.2) is 22.9 Å². The van der Waals surface area contributed by atoms with Gasteiger partial charge in [0.1, 0.15) is 29.2 Å². The lowest BCUT2D eigenvalue weighted by Gasteiger charge is -2.43. The molecule has 2 amide bonds. The summed E-state index contributed by atoms with van der Waals surface area (Å²) in [6.07, 6.45) is -1.80. The number of ether oxygens (including phenoxy) is 2. The number of benzene rings is 2. The van der Waals surface area contributed by atoms with E-state index in [0.717, 1.165) is 23.8 Å². The van der Waals surface area contributed by atoms with Crippen LogP contribution in [0.15, 0.2) is 54.7 Å². The topological polar surface area (TPSA) is 114 Å². The first-order valence-corrected chi connectivity index (χ1v) is 16.7. The molecule has 13 heteroatoms. The molecule has 10 nitrogen and oxygen atoms in total. The van der Waals surface area contributed by atoms with Crippen LogP contribution in [0.4, 0.5) is 18.0 Å². The van der Waals surface area contributed by atoms with Crippen LogP contribution in [0, 0.1) is 23.0 Å². The molecule has 4 atom stereocenters. The van der Waals surface area contributed by atoms with Crippen molar-refractivity contribution in [3.05, 3.63) is 77.8 Å². The standard InChI is InChI=1S/C37H47F3N4O6/c1-23(49-24(2)46)34(47)44(20-26-19-43(21-30(26)40)35(48)50-36(3,4)5)32(37(6,7)15-16-45)33-41-31(28-17-27(38)13-14-29(28)39)22-42(33)18-25-11-9-8-10-12-25/h8-14,17,22-23,26,30,32,45H,15-16,18-21H2,1-7H3/t23-,26?,30?,32-/m0/s1. The fourth-order valence-electron chi connectivity index (χ4n) is 6.30. The predicted molar refractivity (Wildman–Crippen MR) is 180 cm³/mol. The molecular weight excluding hydrogens is 653 g/mol. The second-order valence-corrected chi connectivity index (χ2v) is 14.5. The first kappa shape index (κ1) is 38.4. The second kappa shape index (κ2) is 15.7. The molecule has 0 saturated carbocycles. The molecule has 1 N–H and O–H groups in total. The Bertz CT molecular complexity index is 1660. The van der Waals surface area contributed by atoms with Gasteiger partial charge >= 0.3 is 12.1 Å². The first-order valence-electron chi connectivity index (χ1n) is 16.7. The van der Waals surface area contributed by atoms with Gasteiger partial charge in [-0.1, -0.05) is 44.2 Å². The number of carbonyl (C=O) groups excluding carboxylic acids is 3. The first-order chi connectivity index (χ1) is 23.4. The van der Waals surface area contributed by atoms with Gasteiger partial charge in [-0.15, -0.1) is 0 Å². The summed E-state index contributed by atoms with van der Waals surface area (Å²) < 4.78 is 57.9. The van der Waals surface area contributed by atoms with Gasteiger partial charge in [0.2, 0.25) is 0 Å². The Balaban J connectivity index is 1.89. The van der Waals surface area contributed by atoms with Gasteiger partial charge in [-0.3, -0.25) is 9.59 Å². The normalized spacial score (nSPS) is 17.7. The van der Waals surface area contributed by atoms with Gasteiger partial charge in [0.15, 0.2) is 6.10 Å². The number of hydrogen-bond donors (Lipinski definition) is 1. The van der Waals surface area contributed by atoms with Crippen LogP contribution in [0.2, 0.25) is 0 Å². The fraction of sp³-hybridized carbons (Fsp3) is 0.514. The third-order valence-corrected chi connectivity index (χ3v) is 8.68. The molecule has 2 aromatic carbocycles. The SMILES string of the molecule is CC(=O)O[C@@H](C)C(=O)N(CC1CN(C(=O)OC(C)(C)C)CC1F)[C@@H](c1nc(-c2cc(F)ccc2F)cn1Cc1ccccc1)C(C)(C)CCO. The molecule has 1 aliphatic rings. The smallest absolute Gasteiger partial charge is 0.410 e. The fourth-order valence-corrected chi connectivity index (χ4v) is 6.30. The number of alkyl halides is 1.